The lowest BCUT2D eigenvalue weighted by atomic mass is 9.96. The molecule has 0 radical (unpaired) electrons. The van der Waals surface area contributed by atoms with Crippen molar-refractivity contribution in [1.29, 1.82) is 0 Å². The maximum absolute atomic E-state index is 5.92. The minimum atomic E-state index is -0.0848. The molecule has 1 aliphatic heterocycles. The van der Waals surface area contributed by atoms with Crippen LogP contribution >= 0.6 is 12.2 Å². The molecule has 4 aromatic rings. The van der Waals surface area contributed by atoms with E-state index in [0.717, 1.165) is 17.1 Å². The average Bonchev–Trinajstić information content (AvgIpc) is 3.35. The van der Waals surface area contributed by atoms with E-state index in [1.807, 2.05) is 37.4 Å². The van der Waals surface area contributed by atoms with Crippen molar-refractivity contribution in [3.05, 3.63) is 107 Å². The molecular formula is C30H32N4OS. The Kier molecular flexibility index (Phi) is 6.54. The average molecular weight is 497 g/mol. The van der Waals surface area contributed by atoms with Gasteiger partial charge in [0.2, 0.25) is 0 Å². The number of benzene rings is 2. The Bertz CT molecular complexity index is 1370. The molecule has 1 N–H and O–H groups in total. The van der Waals surface area contributed by atoms with Gasteiger partial charge in [0.25, 0.3) is 0 Å². The SMILES string of the molecule is CCOc1ccc(N2C(=S)N[C@@H](c3ccccn3)[C@H]2c2cc(C)n(-c3cc(C)cc(C)c3)c2C)cc1. The van der Waals surface area contributed by atoms with Gasteiger partial charge in [0, 0.05) is 29.0 Å². The summed E-state index contributed by atoms with van der Waals surface area (Å²) in [5, 5.41) is 4.27. The molecule has 3 heterocycles. The number of nitrogens with zero attached hydrogens (tertiary/aromatic N) is 3. The number of rotatable bonds is 6. The summed E-state index contributed by atoms with van der Waals surface area (Å²) in [6.07, 6.45) is 1.84. The van der Waals surface area contributed by atoms with E-state index in [1.54, 1.807) is 0 Å². The predicted molar refractivity (Wildman–Crippen MR) is 150 cm³/mol. The normalized spacial score (nSPS) is 17.4. The fourth-order valence-corrected chi connectivity index (χ4v) is 5.73. The number of pyridine rings is 1. The Hall–Kier alpha value is -3.64. The van der Waals surface area contributed by atoms with Gasteiger partial charge < -0.3 is 19.5 Å². The topological polar surface area (TPSA) is 42.3 Å². The Morgan fingerprint density at radius 1 is 0.917 bits per heavy atom. The summed E-state index contributed by atoms with van der Waals surface area (Å²) in [6.45, 7) is 11.3. The van der Waals surface area contributed by atoms with E-state index in [0.29, 0.717) is 11.7 Å². The highest BCUT2D eigenvalue weighted by Crippen LogP contribution is 2.44. The zero-order valence-corrected chi connectivity index (χ0v) is 22.3. The number of ether oxygens (including phenoxy) is 1. The molecule has 36 heavy (non-hydrogen) atoms. The second-order valence-corrected chi connectivity index (χ2v) is 9.82. The van der Waals surface area contributed by atoms with Crippen molar-refractivity contribution >= 4 is 23.0 Å². The van der Waals surface area contributed by atoms with Crippen molar-refractivity contribution in [3.8, 4) is 11.4 Å². The second-order valence-electron chi connectivity index (χ2n) is 9.43. The Morgan fingerprint density at radius 3 is 2.28 bits per heavy atom. The molecule has 184 valence electrons. The fraction of sp³-hybridized carbons (Fsp3) is 0.267. The molecule has 2 atom stereocenters. The van der Waals surface area contributed by atoms with E-state index in [4.69, 9.17) is 21.9 Å². The minimum absolute atomic E-state index is 0.0591. The number of nitrogens with one attached hydrogen (secondary N) is 1. The van der Waals surface area contributed by atoms with Gasteiger partial charge in [-0.25, -0.2) is 0 Å². The van der Waals surface area contributed by atoms with Crippen molar-refractivity contribution in [2.45, 2.75) is 46.7 Å². The molecule has 0 bridgehead atoms. The molecule has 5 rings (SSSR count). The van der Waals surface area contributed by atoms with Gasteiger partial charge in [-0.05, 0) is 118 Å². The van der Waals surface area contributed by atoms with E-state index < -0.39 is 0 Å². The summed E-state index contributed by atoms with van der Waals surface area (Å²) >= 11 is 5.92. The number of aryl methyl sites for hydroxylation is 3. The quantitative estimate of drug-likeness (QED) is 0.302. The van der Waals surface area contributed by atoms with Crippen molar-refractivity contribution in [3.63, 3.8) is 0 Å². The zero-order chi connectivity index (χ0) is 25.4. The molecule has 2 aromatic heterocycles. The highest BCUT2D eigenvalue weighted by atomic mass is 32.1. The molecule has 0 spiro atoms. The van der Waals surface area contributed by atoms with E-state index >= 15 is 0 Å². The molecular weight excluding hydrogens is 464 g/mol. The molecule has 0 aliphatic carbocycles. The monoisotopic (exact) mass is 496 g/mol. The number of anilines is 1. The third kappa shape index (κ3) is 4.37. The smallest absolute Gasteiger partial charge is 0.174 e. The first kappa shape index (κ1) is 24.1. The number of aromatic nitrogens is 2. The lowest BCUT2D eigenvalue weighted by Crippen LogP contribution is -2.29. The van der Waals surface area contributed by atoms with Gasteiger partial charge in [-0.1, -0.05) is 12.1 Å². The summed E-state index contributed by atoms with van der Waals surface area (Å²) in [7, 11) is 0. The van der Waals surface area contributed by atoms with Crippen LogP contribution in [0, 0.1) is 27.7 Å². The van der Waals surface area contributed by atoms with Crippen LogP contribution < -0.4 is 15.0 Å². The Morgan fingerprint density at radius 2 is 1.64 bits per heavy atom. The molecule has 6 heteroatoms. The standard InChI is InChI=1S/C30H32N4OS/c1-6-35-25-12-10-23(11-13-25)34-29(28(32-30(34)36)27-9-7-8-14-31-27)26-18-21(4)33(22(26)5)24-16-19(2)15-20(3)17-24/h7-18,28-29H,6H2,1-5H3,(H,32,36)/t28-,29+/m0/s1. The van der Waals surface area contributed by atoms with Gasteiger partial charge in [-0.15, -0.1) is 0 Å². The van der Waals surface area contributed by atoms with Crippen LogP contribution in [-0.2, 0) is 0 Å². The largest absolute Gasteiger partial charge is 0.494 e. The maximum atomic E-state index is 5.92. The zero-order valence-electron chi connectivity index (χ0n) is 21.4. The molecule has 0 saturated carbocycles. The molecule has 1 saturated heterocycles. The van der Waals surface area contributed by atoms with Gasteiger partial charge in [-0.3, -0.25) is 4.98 Å². The van der Waals surface area contributed by atoms with Crippen LogP contribution in [0.5, 0.6) is 5.75 Å². The van der Waals surface area contributed by atoms with Crippen molar-refractivity contribution < 1.29 is 4.74 Å². The van der Waals surface area contributed by atoms with Crippen molar-refractivity contribution in [2.24, 2.45) is 0 Å². The van der Waals surface area contributed by atoms with Crippen molar-refractivity contribution in [1.82, 2.24) is 14.9 Å². The summed E-state index contributed by atoms with van der Waals surface area (Å²) < 4.78 is 8.03. The third-order valence-electron chi connectivity index (χ3n) is 6.78. The molecule has 0 amide bonds. The highest BCUT2D eigenvalue weighted by molar-refractivity contribution is 7.80. The third-order valence-corrected chi connectivity index (χ3v) is 7.09. The Labute approximate surface area is 218 Å². The highest BCUT2D eigenvalue weighted by Gasteiger charge is 2.42. The maximum Gasteiger partial charge on any atom is 0.174 e. The molecule has 2 aromatic carbocycles. The minimum Gasteiger partial charge on any atom is -0.494 e. The number of hydrogen-bond acceptors (Lipinski definition) is 3. The molecule has 1 fully saturated rings. The van der Waals surface area contributed by atoms with E-state index in [1.165, 1.54) is 33.8 Å². The second kappa shape index (κ2) is 9.78. The summed E-state index contributed by atoms with van der Waals surface area (Å²) in [5.74, 6) is 0.852. The van der Waals surface area contributed by atoms with E-state index in [9.17, 15) is 0 Å². The van der Waals surface area contributed by atoms with Crippen LogP contribution in [-0.4, -0.2) is 21.3 Å². The van der Waals surface area contributed by atoms with Gasteiger partial charge in [0.1, 0.15) is 5.75 Å². The summed E-state index contributed by atoms with van der Waals surface area (Å²) in [4.78, 5) is 6.92. The van der Waals surface area contributed by atoms with Gasteiger partial charge >= 0.3 is 0 Å². The van der Waals surface area contributed by atoms with Crippen LogP contribution in [0.4, 0.5) is 5.69 Å². The summed E-state index contributed by atoms with van der Waals surface area (Å²) in [6, 6.07) is 23.1. The van der Waals surface area contributed by atoms with Crippen LogP contribution in [0.1, 0.15) is 52.8 Å². The molecule has 1 aliphatic rings. The molecule has 5 nitrogen and oxygen atoms in total. The van der Waals surface area contributed by atoms with Crippen LogP contribution in [0.15, 0.2) is 72.9 Å². The van der Waals surface area contributed by atoms with E-state index in [-0.39, 0.29) is 12.1 Å². The van der Waals surface area contributed by atoms with E-state index in [2.05, 4.69) is 84.9 Å². The number of hydrogen-bond donors (Lipinski definition) is 1. The van der Waals surface area contributed by atoms with Gasteiger partial charge in [-0.2, -0.15) is 0 Å². The van der Waals surface area contributed by atoms with Gasteiger partial charge in [0.05, 0.1) is 24.4 Å². The lowest BCUT2D eigenvalue weighted by molar-refractivity contribution is 0.340. The first-order valence-corrected chi connectivity index (χ1v) is 12.8. The van der Waals surface area contributed by atoms with Crippen LogP contribution in [0.2, 0.25) is 0 Å². The van der Waals surface area contributed by atoms with Crippen LogP contribution in [0.3, 0.4) is 0 Å². The summed E-state index contributed by atoms with van der Waals surface area (Å²) in [5.41, 5.74) is 9.30. The first-order chi connectivity index (χ1) is 17.4. The predicted octanol–water partition coefficient (Wildman–Crippen LogP) is 6.68. The fourth-order valence-electron chi connectivity index (χ4n) is 5.38. The van der Waals surface area contributed by atoms with Crippen LogP contribution in [0.25, 0.3) is 5.69 Å². The first-order valence-electron chi connectivity index (χ1n) is 12.4. The Balaban J connectivity index is 1.65. The lowest BCUT2D eigenvalue weighted by Gasteiger charge is -2.28. The van der Waals surface area contributed by atoms with Crippen molar-refractivity contribution in [2.75, 3.05) is 11.5 Å². The van der Waals surface area contributed by atoms with Gasteiger partial charge in [0.15, 0.2) is 5.11 Å². The molecule has 0 unspecified atom stereocenters. The number of thiocarbonyl (C=S) groups is 1.